The van der Waals surface area contributed by atoms with Crippen molar-refractivity contribution in [3.05, 3.63) is 28.5 Å². The predicted molar refractivity (Wildman–Crippen MR) is 49.4 cm³/mol. The summed E-state index contributed by atoms with van der Waals surface area (Å²) in [5, 5.41) is 7.99. The first kappa shape index (κ1) is 12.6. The topological polar surface area (TPSA) is 46.5 Å². The summed E-state index contributed by atoms with van der Waals surface area (Å²) < 4.78 is 40.9. The average Bonchev–Trinajstić information content (AvgIpc) is 2.16. The third-order valence-corrected chi connectivity index (χ3v) is 2.11. The van der Waals surface area contributed by atoms with Crippen LogP contribution in [-0.4, -0.2) is 17.7 Å². The highest BCUT2D eigenvalue weighted by Crippen LogP contribution is 2.30. The van der Waals surface area contributed by atoms with Gasteiger partial charge >= 0.3 is 12.6 Å². The number of benzene rings is 1. The summed E-state index contributed by atoms with van der Waals surface area (Å²) in [4.78, 5) is 10.4. The van der Waals surface area contributed by atoms with Gasteiger partial charge in [0, 0.05) is 5.56 Å². The highest BCUT2D eigenvalue weighted by atomic mass is 35.5. The van der Waals surface area contributed by atoms with Crippen molar-refractivity contribution in [1.82, 2.24) is 0 Å². The van der Waals surface area contributed by atoms with Crippen LogP contribution in [0.2, 0.25) is 5.02 Å². The molecule has 7 heteroatoms. The van der Waals surface area contributed by atoms with E-state index in [-0.39, 0.29) is 5.56 Å². The molecule has 0 saturated carbocycles. The van der Waals surface area contributed by atoms with Gasteiger partial charge in [-0.1, -0.05) is 11.6 Å². The van der Waals surface area contributed by atoms with Gasteiger partial charge in [-0.2, -0.15) is 8.78 Å². The van der Waals surface area contributed by atoms with E-state index in [1.165, 1.54) is 0 Å². The van der Waals surface area contributed by atoms with Crippen molar-refractivity contribution in [1.29, 1.82) is 0 Å². The molecule has 1 rings (SSSR count). The predicted octanol–water partition coefficient (Wildman–Crippen LogP) is 2.71. The highest BCUT2D eigenvalue weighted by molar-refractivity contribution is 6.31. The molecule has 0 aliphatic heterocycles. The van der Waals surface area contributed by atoms with Gasteiger partial charge in [0.05, 0.1) is 11.4 Å². The molecule has 3 nitrogen and oxygen atoms in total. The van der Waals surface area contributed by atoms with Gasteiger partial charge in [0.15, 0.2) is 0 Å². The van der Waals surface area contributed by atoms with Crippen molar-refractivity contribution in [2.24, 2.45) is 0 Å². The summed E-state index contributed by atoms with van der Waals surface area (Å²) in [7, 11) is 0. The fourth-order valence-electron chi connectivity index (χ4n) is 1.10. The number of aliphatic carboxylic acids is 1. The van der Waals surface area contributed by atoms with Crippen LogP contribution >= 0.6 is 11.6 Å². The summed E-state index contributed by atoms with van der Waals surface area (Å²) in [5.74, 6) is -2.66. The minimum absolute atomic E-state index is 0.311. The van der Waals surface area contributed by atoms with E-state index < -0.39 is 35.6 Å². The summed E-state index contributed by atoms with van der Waals surface area (Å²) in [6, 6.07) is 1.73. The molecule has 0 bridgehead atoms. The normalized spacial score (nSPS) is 10.6. The standard InChI is InChI=1S/C9H6ClF3O3/c10-8-4(3-7(14)15)6(16-9(12)13)2-1-5(8)11/h1-2,9H,3H2,(H,14,15). The largest absolute Gasteiger partial charge is 0.481 e. The first-order valence-corrected chi connectivity index (χ1v) is 4.43. The van der Waals surface area contributed by atoms with Crippen molar-refractivity contribution in [2.45, 2.75) is 13.0 Å². The molecule has 88 valence electrons. The Balaban J connectivity index is 3.15. The quantitative estimate of drug-likeness (QED) is 0.899. The SMILES string of the molecule is O=C(O)Cc1c(OC(F)F)ccc(F)c1Cl. The van der Waals surface area contributed by atoms with E-state index in [0.29, 0.717) is 0 Å². The van der Waals surface area contributed by atoms with E-state index in [9.17, 15) is 18.0 Å². The summed E-state index contributed by atoms with van der Waals surface area (Å²) in [6.45, 7) is -3.13. The second-order valence-corrected chi connectivity index (χ2v) is 3.17. The molecule has 0 spiro atoms. The number of hydrogen-bond donors (Lipinski definition) is 1. The molecule has 1 aromatic carbocycles. The van der Waals surface area contributed by atoms with Crippen LogP contribution in [0.25, 0.3) is 0 Å². The van der Waals surface area contributed by atoms with E-state index in [4.69, 9.17) is 16.7 Å². The highest BCUT2D eigenvalue weighted by Gasteiger charge is 2.18. The average molecular weight is 255 g/mol. The zero-order chi connectivity index (χ0) is 12.3. The van der Waals surface area contributed by atoms with E-state index in [0.717, 1.165) is 12.1 Å². The Morgan fingerprint density at radius 3 is 2.62 bits per heavy atom. The third kappa shape index (κ3) is 3.03. The molecule has 0 atom stereocenters. The Morgan fingerprint density at radius 2 is 2.12 bits per heavy atom. The zero-order valence-corrected chi connectivity index (χ0v) is 8.47. The van der Waals surface area contributed by atoms with Gasteiger partial charge < -0.3 is 9.84 Å². The number of carboxylic acid groups (broad SMARTS) is 1. The lowest BCUT2D eigenvalue weighted by Gasteiger charge is -2.11. The number of halogens is 4. The number of carboxylic acids is 1. The second-order valence-electron chi connectivity index (χ2n) is 2.79. The molecule has 0 unspecified atom stereocenters. The van der Waals surface area contributed by atoms with E-state index >= 15 is 0 Å². The maximum Gasteiger partial charge on any atom is 0.387 e. The smallest absolute Gasteiger partial charge is 0.387 e. The second kappa shape index (κ2) is 5.07. The Kier molecular flexibility index (Phi) is 4.00. The lowest BCUT2D eigenvalue weighted by Crippen LogP contribution is -2.08. The van der Waals surface area contributed by atoms with Gasteiger partial charge in [0.2, 0.25) is 0 Å². The van der Waals surface area contributed by atoms with Crippen molar-refractivity contribution in [2.75, 3.05) is 0 Å². The van der Waals surface area contributed by atoms with Crippen LogP contribution in [-0.2, 0) is 11.2 Å². The molecule has 1 aromatic rings. The lowest BCUT2D eigenvalue weighted by atomic mass is 10.1. The lowest BCUT2D eigenvalue weighted by molar-refractivity contribution is -0.136. The molecule has 0 heterocycles. The first-order valence-electron chi connectivity index (χ1n) is 4.05. The molecule has 16 heavy (non-hydrogen) atoms. The van der Waals surface area contributed by atoms with Crippen LogP contribution in [0.4, 0.5) is 13.2 Å². The minimum atomic E-state index is -3.13. The molecule has 0 fully saturated rings. The number of hydrogen-bond acceptors (Lipinski definition) is 2. The van der Waals surface area contributed by atoms with Gasteiger partial charge in [-0.3, -0.25) is 4.79 Å². The third-order valence-electron chi connectivity index (χ3n) is 1.70. The first-order chi connectivity index (χ1) is 7.41. The van der Waals surface area contributed by atoms with E-state index in [1.807, 2.05) is 0 Å². The molecule has 1 N–H and O–H groups in total. The van der Waals surface area contributed by atoms with Crippen molar-refractivity contribution in [3.8, 4) is 5.75 Å². The van der Waals surface area contributed by atoms with Crippen molar-refractivity contribution >= 4 is 17.6 Å². The fraction of sp³-hybridized carbons (Fsp3) is 0.222. The van der Waals surface area contributed by atoms with Crippen LogP contribution in [0.3, 0.4) is 0 Å². The Bertz CT molecular complexity index is 409. The number of ether oxygens (including phenoxy) is 1. The zero-order valence-electron chi connectivity index (χ0n) is 7.71. The Labute approximate surface area is 93.4 Å². The van der Waals surface area contributed by atoms with Gasteiger partial charge in [-0.15, -0.1) is 0 Å². The maximum atomic E-state index is 13.0. The van der Waals surface area contributed by atoms with Crippen molar-refractivity contribution < 1.29 is 27.8 Å². The summed E-state index contributed by atoms with van der Waals surface area (Å²) in [6.07, 6.45) is -0.696. The van der Waals surface area contributed by atoms with Crippen LogP contribution in [0.15, 0.2) is 12.1 Å². The van der Waals surface area contributed by atoms with Crippen LogP contribution in [0.1, 0.15) is 5.56 Å². The van der Waals surface area contributed by atoms with Crippen LogP contribution in [0, 0.1) is 5.82 Å². The Morgan fingerprint density at radius 1 is 1.50 bits per heavy atom. The van der Waals surface area contributed by atoms with Crippen LogP contribution < -0.4 is 4.74 Å². The summed E-state index contributed by atoms with van der Waals surface area (Å²) >= 11 is 5.46. The molecule has 0 amide bonds. The van der Waals surface area contributed by atoms with Gasteiger partial charge in [0.1, 0.15) is 11.6 Å². The van der Waals surface area contributed by atoms with Gasteiger partial charge in [-0.05, 0) is 12.1 Å². The maximum absolute atomic E-state index is 13.0. The molecule has 0 saturated heterocycles. The molecule has 0 radical (unpaired) electrons. The Hall–Kier alpha value is -1.43. The van der Waals surface area contributed by atoms with Crippen molar-refractivity contribution in [3.63, 3.8) is 0 Å². The molecule has 0 aromatic heterocycles. The van der Waals surface area contributed by atoms with Gasteiger partial charge in [0.25, 0.3) is 0 Å². The number of alkyl halides is 2. The molecular formula is C9H6ClF3O3. The molecule has 0 aliphatic rings. The molecule has 0 aliphatic carbocycles. The van der Waals surface area contributed by atoms with E-state index in [2.05, 4.69) is 4.74 Å². The van der Waals surface area contributed by atoms with Gasteiger partial charge in [-0.25, -0.2) is 4.39 Å². The number of rotatable bonds is 4. The summed E-state index contributed by atoms with van der Waals surface area (Å²) in [5.41, 5.74) is -0.311. The fourth-order valence-corrected chi connectivity index (χ4v) is 1.32. The monoisotopic (exact) mass is 254 g/mol. The van der Waals surface area contributed by atoms with E-state index in [1.54, 1.807) is 0 Å². The number of carbonyl (C=O) groups is 1. The van der Waals surface area contributed by atoms with Crippen LogP contribution in [0.5, 0.6) is 5.75 Å². The minimum Gasteiger partial charge on any atom is -0.481 e. The molecular weight excluding hydrogens is 249 g/mol.